The van der Waals surface area contributed by atoms with Gasteiger partial charge >= 0.3 is 15.5 Å². The number of sulfonamides is 1. The molecule has 0 saturated heterocycles. The number of alkyl halides is 3. The molecule has 1 aliphatic heterocycles. The summed E-state index contributed by atoms with van der Waals surface area (Å²) in [6, 6.07) is 14.6. The molecule has 5 nitrogen and oxygen atoms in total. The highest BCUT2D eigenvalue weighted by Crippen LogP contribution is 2.41. The fourth-order valence-electron chi connectivity index (χ4n) is 3.50. The maximum atomic E-state index is 12.8. The molecule has 2 heterocycles. The zero-order valence-electron chi connectivity index (χ0n) is 16.0. The molecular formula is C21H18F3NO4S2. The molecule has 0 saturated carbocycles. The van der Waals surface area contributed by atoms with Gasteiger partial charge in [0, 0.05) is 21.9 Å². The highest BCUT2D eigenvalue weighted by atomic mass is 32.2. The first-order valence-electron chi connectivity index (χ1n) is 9.31. The molecule has 2 unspecified atom stereocenters. The molecule has 164 valence electrons. The van der Waals surface area contributed by atoms with Gasteiger partial charge in [-0.25, -0.2) is 0 Å². The third-order valence-electron chi connectivity index (χ3n) is 5.06. The summed E-state index contributed by atoms with van der Waals surface area (Å²) in [6.45, 7) is 0.290. The van der Waals surface area contributed by atoms with Gasteiger partial charge in [0.2, 0.25) is 0 Å². The normalized spacial score (nSPS) is 18.8. The molecule has 4 rings (SSSR count). The van der Waals surface area contributed by atoms with Crippen LogP contribution in [0.5, 0.6) is 5.75 Å². The summed E-state index contributed by atoms with van der Waals surface area (Å²) in [6.07, 6.45) is -0.0823. The van der Waals surface area contributed by atoms with Crippen LogP contribution in [0.1, 0.15) is 16.5 Å². The summed E-state index contributed by atoms with van der Waals surface area (Å²) in [5.41, 5.74) is -4.32. The van der Waals surface area contributed by atoms with Gasteiger partial charge in [-0.1, -0.05) is 36.4 Å². The maximum Gasteiger partial charge on any atom is 0.516 e. The summed E-state index contributed by atoms with van der Waals surface area (Å²) < 4.78 is 68.9. The number of hydrogen-bond donors (Lipinski definition) is 2. The maximum absolute atomic E-state index is 12.8. The monoisotopic (exact) mass is 469 g/mol. The molecule has 2 atom stereocenters. The van der Waals surface area contributed by atoms with Gasteiger partial charge < -0.3 is 9.84 Å². The van der Waals surface area contributed by atoms with Crippen molar-refractivity contribution in [3.63, 3.8) is 0 Å². The summed E-state index contributed by atoms with van der Waals surface area (Å²) >= 11 is 1.60. The van der Waals surface area contributed by atoms with Gasteiger partial charge in [0.05, 0.1) is 18.4 Å². The van der Waals surface area contributed by atoms with E-state index in [9.17, 15) is 26.7 Å². The number of fused-ring (bicyclic) bond motifs is 1. The van der Waals surface area contributed by atoms with Crippen LogP contribution in [0.4, 0.5) is 18.9 Å². The van der Waals surface area contributed by atoms with Gasteiger partial charge in [0.25, 0.3) is 0 Å². The number of nitrogens with one attached hydrogen (secondary N) is 1. The molecule has 2 aromatic carbocycles. The Morgan fingerprint density at radius 1 is 1.13 bits per heavy atom. The molecule has 0 aliphatic carbocycles. The Labute approximate surface area is 181 Å². The lowest BCUT2D eigenvalue weighted by Crippen LogP contribution is -2.30. The fraction of sp³-hybridized carbons (Fsp3) is 0.238. The predicted octanol–water partition coefficient (Wildman–Crippen LogP) is 4.96. The first-order chi connectivity index (χ1) is 14.7. The summed E-state index contributed by atoms with van der Waals surface area (Å²) in [7, 11) is -5.56. The number of aliphatic hydroxyl groups is 1. The quantitative estimate of drug-likeness (QED) is 0.554. The molecule has 10 heteroatoms. The lowest BCUT2D eigenvalue weighted by atomic mass is 9.89. The van der Waals surface area contributed by atoms with Crippen LogP contribution < -0.4 is 9.46 Å². The van der Waals surface area contributed by atoms with E-state index in [1.54, 1.807) is 40.3 Å². The summed E-state index contributed by atoms with van der Waals surface area (Å²) in [5, 5.41) is 12.8. The average Bonchev–Trinajstić information content (AvgIpc) is 3.22. The van der Waals surface area contributed by atoms with Crippen LogP contribution in [0.2, 0.25) is 0 Å². The van der Waals surface area contributed by atoms with Crippen LogP contribution in [-0.4, -0.2) is 25.6 Å². The molecule has 0 radical (unpaired) electrons. The van der Waals surface area contributed by atoms with E-state index in [0.29, 0.717) is 23.3 Å². The number of hydrogen-bond acceptors (Lipinski definition) is 5. The van der Waals surface area contributed by atoms with Crippen molar-refractivity contribution >= 4 is 27.0 Å². The number of ether oxygens (including phenoxy) is 1. The van der Waals surface area contributed by atoms with Crippen molar-refractivity contribution < 1.29 is 31.4 Å². The molecule has 0 amide bonds. The van der Waals surface area contributed by atoms with Crippen molar-refractivity contribution in [1.82, 2.24) is 0 Å². The van der Waals surface area contributed by atoms with Gasteiger partial charge in [0.1, 0.15) is 5.75 Å². The van der Waals surface area contributed by atoms with Crippen molar-refractivity contribution in [3.8, 4) is 16.9 Å². The fourth-order valence-corrected chi connectivity index (χ4v) is 4.88. The molecule has 0 fully saturated rings. The second kappa shape index (κ2) is 8.18. The van der Waals surface area contributed by atoms with Crippen LogP contribution >= 0.6 is 11.3 Å². The Morgan fingerprint density at radius 2 is 1.90 bits per heavy atom. The Balaban J connectivity index is 1.62. The van der Waals surface area contributed by atoms with Crippen molar-refractivity contribution in [2.24, 2.45) is 5.92 Å². The highest BCUT2D eigenvalue weighted by Gasteiger charge is 2.46. The topological polar surface area (TPSA) is 75.6 Å². The number of thiophene rings is 1. The number of para-hydroxylation sites is 1. The number of aliphatic hydroxyl groups excluding tert-OH is 1. The van der Waals surface area contributed by atoms with E-state index in [1.165, 1.54) is 18.2 Å². The Hall–Kier alpha value is -2.56. The summed E-state index contributed by atoms with van der Waals surface area (Å²) in [5.74, 6) is 0.295. The SMILES string of the molecule is O=S(=O)(Nc1ccccc1-c1ccc2c(c1)OCC(Cc1cccs1)C2O)C(F)(F)F. The van der Waals surface area contributed by atoms with Crippen LogP contribution in [0.3, 0.4) is 0 Å². The second-order valence-corrected chi connectivity index (χ2v) is 9.85. The van der Waals surface area contributed by atoms with Gasteiger partial charge in [0.15, 0.2) is 0 Å². The highest BCUT2D eigenvalue weighted by molar-refractivity contribution is 7.93. The lowest BCUT2D eigenvalue weighted by Gasteiger charge is -2.30. The molecule has 0 bridgehead atoms. The molecule has 0 spiro atoms. The Morgan fingerprint density at radius 3 is 2.61 bits per heavy atom. The lowest BCUT2D eigenvalue weighted by molar-refractivity contribution is -0.0429. The minimum Gasteiger partial charge on any atom is -0.493 e. The number of anilines is 1. The van der Waals surface area contributed by atoms with Crippen molar-refractivity contribution in [2.45, 2.75) is 18.0 Å². The second-order valence-electron chi connectivity index (χ2n) is 7.15. The van der Waals surface area contributed by atoms with E-state index >= 15 is 0 Å². The van der Waals surface area contributed by atoms with Gasteiger partial charge in [-0.15, -0.1) is 11.3 Å². The predicted molar refractivity (Wildman–Crippen MR) is 112 cm³/mol. The van der Waals surface area contributed by atoms with Crippen molar-refractivity contribution in [1.29, 1.82) is 0 Å². The van der Waals surface area contributed by atoms with Crippen LogP contribution in [0.15, 0.2) is 60.0 Å². The first kappa shape index (κ1) is 21.7. The van der Waals surface area contributed by atoms with E-state index in [0.717, 1.165) is 4.88 Å². The standard InChI is InChI=1S/C21H18F3NO4S2/c22-21(23,24)31(27,28)25-18-6-2-1-5-16(18)13-7-8-17-19(11-13)29-12-14(20(17)26)10-15-4-3-9-30-15/h1-9,11,14,20,25-26H,10,12H2. The van der Waals surface area contributed by atoms with Crippen LogP contribution in [0.25, 0.3) is 11.1 Å². The van der Waals surface area contributed by atoms with E-state index in [1.807, 2.05) is 17.5 Å². The molecule has 1 aromatic heterocycles. The van der Waals surface area contributed by atoms with Gasteiger partial charge in [-0.05, 0) is 35.6 Å². The Bertz CT molecular complexity index is 1180. The zero-order chi connectivity index (χ0) is 22.2. The number of benzene rings is 2. The van der Waals surface area contributed by atoms with Crippen LogP contribution in [-0.2, 0) is 16.4 Å². The minimum absolute atomic E-state index is 0.122. The summed E-state index contributed by atoms with van der Waals surface area (Å²) in [4.78, 5) is 1.14. The minimum atomic E-state index is -5.56. The number of rotatable bonds is 5. The molecule has 1 aliphatic rings. The third kappa shape index (κ3) is 4.41. The van der Waals surface area contributed by atoms with E-state index < -0.39 is 21.6 Å². The van der Waals surface area contributed by atoms with Crippen LogP contribution in [0, 0.1) is 5.92 Å². The van der Waals surface area contributed by atoms with Gasteiger partial charge in [-0.3, -0.25) is 4.72 Å². The van der Waals surface area contributed by atoms with E-state index in [4.69, 9.17) is 4.74 Å². The Kier molecular flexibility index (Phi) is 5.71. The average molecular weight is 470 g/mol. The number of halogens is 3. The van der Waals surface area contributed by atoms with Crippen molar-refractivity contribution in [2.75, 3.05) is 11.3 Å². The molecular weight excluding hydrogens is 451 g/mol. The third-order valence-corrected chi connectivity index (χ3v) is 7.06. The van der Waals surface area contributed by atoms with Crippen molar-refractivity contribution in [3.05, 3.63) is 70.4 Å². The largest absolute Gasteiger partial charge is 0.516 e. The molecule has 3 aromatic rings. The van der Waals surface area contributed by atoms with E-state index in [-0.39, 0.29) is 23.8 Å². The smallest absolute Gasteiger partial charge is 0.493 e. The van der Waals surface area contributed by atoms with Gasteiger partial charge in [-0.2, -0.15) is 21.6 Å². The van der Waals surface area contributed by atoms with E-state index in [2.05, 4.69) is 0 Å². The molecule has 31 heavy (non-hydrogen) atoms. The first-order valence-corrected chi connectivity index (χ1v) is 11.7. The zero-order valence-corrected chi connectivity index (χ0v) is 17.6. The molecule has 2 N–H and O–H groups in total.